The average Bonchev–Trinajstić information content (AvgIpc) is 2.42. The minimum absolute atomic E-state index is 0.0508. The van der Waals surface area contributed by atoms with Gasteiger partial charge in [0, 0.05) is 6.07 Å². The number of nitrogens with zero attached hydrogens (tertiary/aromatic N) is 1. The zero-order valence-corrected chi connectivity index (χ0v) is 11.8. The number of hydrogen-bond donors (Lipinski definition) is 2. The third-order valence-electron chi connectivity index (χ3n) is 2.80. The van der Waals surface area contributed by atoms with Crippen LogP contribution in [0.25, 0.3) is 0 Å². The van der Waals surface area contributed by atoms with Crippen molar-refractivity contribution in [1.29, 1.82) is 5.26 Å². The Labute approximate surface area is 121 Å². The maximum absolute atomic E-state index is 13.1. The van der Waals surface area contributed by atoms with Crippen LogP contribution in [-0.4, -0.2) is 13.5 Å². The smallest absolute Gasteiger partial charge is 0.262 e. The number of halogens is 1. The molecule has 2 aromatic rings. The molecule has 0 aliphatic rings. The summed E-state index contributed by atoms with van der Waals surface area (Å²) in [6.45, 7) is 1.54. The third-order valence-corrected chi connectivity index (χ3v) is 4.32. The highest BCUT2D eigenvalue weighted by molar-refractivity contribution is 7.92. The minimum Gasteiger partial charge on any atom is -0.506 e. The van der Waals surface area contributed by atoms with Gasteiger partial charge < -0.3 is 5.11 Å². The highest BCUT2D eigenvalue weighted by Gasteiger charge is 2.19. The Morgan fingerprint density at radius 2 is 1.95 bits per heavy atom. The van der Waals surface area contributed by atoms with Gasteiger partial charge in [0.2, 0.25) is 0 Å². The van der Waals surface area contributed by atoms with Crippen molar-refractivity contribution >= 4 is 15.7 Å². The van der Waals surface area contributed by atoms with Crippen LogP contribution in [-0.2, 0) is 10.0 Å². The molecule has 0 radical (unpaired) electrons. The van der Waals surface area contributed by atoms with Gasteiger partial charge >= 0.3 is 0 Å². The summed E-state index contributed by atoms with van der Waals surface area (Å²) < 4.78 is 39.8. The first-order chi connectivity index (χ1) is 9.83. The summed E-state index contributed by atoms with van der Waals surface area (Å²) in [7, 11) is -3.99. The van der Waals surface area contributed by atoms with Crippen LogP contribution in [0.4, 0.5) is 10.1 Å². The summed E-state index contributed by atoms with van der Waals surface area (Å²) in [6.07, 6.45) is 0. The van der Waals surface area contributed by atoms with Crippen molar-refractivity contribution in [2.75, 3.05) is 4.72 Å². The van der Waals surface area contributed by atoms with Crippen LogP contribution in [0.2, 0.25) is 0 Å². The van der Waals surface area contributed by atoms with E-state index < -0.39 is 15.8 Å². The molecule has 21 heavy (non-hydrogen) atoms. The number of anilines is 1. The lowest BCUT2D eigenvalue weighted by molar-refractivity contribution is 0.475. The van der Waals surface area contributed by atoms with E-state index in [1.54, 1.807) is 6.92 Å². The molecule has 0 heterocycles. The van der Waals surface area contributed by atoms with E-state index in [2.05, 4.69) is 4.72 Å². The quantitative estimate of drug-likeness (QED) is 0.853. The highest BCUT2D eigenvalue weighted by Crippen LogP contribution is 2.27. The molecule has 0 saturated heterocycles. The second-order valence-corrected chi connectivity index (χ2v) is 6.01. The second-order valence-electron chi connectivity index (χ2n) is 4.36. The fourth-order valence-electron chi connectivity index (χ4n) is 1.81. The number of aryl methyl sites for hydroxylation is 1. The topological polar surface area (TPSA) is 90.2 Å². The predicted molar refractivity (Wildman–Crippen MR) is 74.8 cm³/mol. The molecular formula is C14H11FN2O3S. The van der Waals surface area contributed by atoms with E-state index >= 15 is 0 Å². The SMILES string of the molecule is Cc1cc(C#N)ccc1S(=O)(=O)Nc1cc(F)ccc1O. The molecular weight excluding hydrogens is 295 g/mol. The molecule has 108 valence electrons. The van der Waals surface area contributed by atoms with Gasteiger partial charge in [0.25, 0.3) is 10.0 Å². The molecule has 0 aliphatic carbocycles. The Balaban J connectivity index is 2.44. The van der Waals surface area contributed by atoms with Crippen LogP contribution in [0.3, 0.4) is 0 Å². The molecule has 0 aromatic heterocycles. The van der Waals surface area contributed by atoms with E-state index in [1.165, 1.54) is 18.2 Å². The van der Waals surface area contributed by atoms with Gasteiger partial charge in [0.1, 0.15) is 11.6 Å². The summed E-state index contributed by atoms with van der Waals surface area (Å²) >= 11 is 0. The van der Waals surface area contributed by atoms with Crippen LogP contribution >= 0.6 is 0 Å². The fourth-order valence-corrected chi connectivity index (χ4v) is 3.10. The van der Waals surface area contributed by atoms with E-state index in [1.807, 2.05) is 6.07 Å². The molecule has 5 nitrogen and oxygen atoms in total. The average molecular weight is 306 g/mol. The lowest BCUT2D eigenvalue weighted by atomic mass is 10.2. The number of sulfonamides is 1. The Morgan fingerprint density at radius 3 is 2.57 bits per heavy atom. The van der Waals surface area contributed by atoms with Crippen molar-refractivity contribution in [3.63, 3.8) is 0 Å². The van der Waals surface area contributed by atoms with E-state index in [4.69, 9.17) is 5.26 Å². The van der Waals surface area contributed by atoms with Gasteiger partial charge in [-0.05, 0) is 42.8 Å². The molecule has 0 fully saturated rings. The Hall–Kier alpha value is -2.59. The fraction of sp³-hybridized carbons (Fsp3) is 0.0714. The van der Waals surface area contributed by atoms with E-state index in [0.29, 0.717) is 11.1 Å². The molecule has 7 heteroatoms. The first kappa shape index (κ1) is 14.8. The van der Waals surface area contributed by atoms with Gasteiger partial charge in [0.15, 0.2) is 0 Å². The first-order valence-corrected chi connectivity index (χ1v) is 7.34. The molecule has 0 amide bonds. The number of hydrogen-bond acceptors (Lipinski definition) is 4. The number of phenolic OH excluding ortho intramolecular Hbond substituents is 1. The van der Waals surface area contributed by atoms with Crippen LogP contribution < -0.4 is 4.72 Å². The summed E-state index contributed by atoms with van der Waals surface area (Å²) in [5.74, 6) is -1.06. The molecule has 0 bridgehead atoms. The van der Waals surface area contributed by atoms with Crippen molar-refractivity contribution in [2.45, 2.75) is 11.8 Å². The van der Waals surface area contributed by atoms with E-state index in [9.17, 15) is 17.9 Å². The lowest BCUT2D eigenvalue weighted by Gasteiger charge is -2.11. The van der Waals surface area contributed by atoms with Gasteiger partial charge in [-0.25, -0.2) is 12.8 Å². The molecule has 0 atom stereocenters. The zero-order chi connectivity index (χ0) is 15.6. The number of benzene rings is 2. The monoisotopic (exact) mass is 306 g/mol. The summed E-state index contributed by atoms with van der Waals surface area (Å²) in [5, 5.41) is 18.3. The van der Waals surface area contributed by atoms with Crippen molar-refractivity contribution in [3.8, 4) is 11.8 Å². The van der Waals surface area contributed by atoms with Gasteiger partial charge in [-0.1, -0.05) is 0 Å². The molecule has 0 unspecified atom stereocenters. The lowest BCUT2D eigenvalue weighted by Crippen LogP contribution is -2.14. The number of nitrogens with one attached hydrogen (secondary N) is 1. The van der Waals surface area contributed by atoms with E-state index in [0.717, 1.165) is 18.2 Å². The second kappa shape index (κ2) is 5.42. The van der Waals surface area contributed by atoms with Crippen LogP contribution in [0.5, 0.6) is 5.75 Å². The van der Waals surface area contributed by atoms with Crippen LogP contribution in [0, 0.1) is 24.1 Å². The Kier molecular flexibility index (Phi) is 3.82. The molecule has 0 aliphatic heterocycles. The molecule has 2 rings (SSSR count). The van der Waals surface area contributed by atoms with Crippen LogP contribution in [0.15, 0.2) is 41.3 Å². The largest absolute Gasteiger partial charge is 0.506 e. The Bertz CT molecular complexity index is 842. The minimum atomic E-state index is -3.99. The summed E-state index contributed by atoms with van der Waals surface area (Å²) in [4.78, 5) is -0.0508. The highest BCUT2D eigenvalue weighted by atomic mass is 32.2. The van der Waals surface area contributed by atoms with Crippen molar-refractivity contribution in [2.24, 2.45) is 0 Å². The van der Waals surface area contributed by atoms with Crippen molar-refractivity contribution in [1.82, 2.24) is 0 Å². The molecule has 0 saturated carbocycles. The maximum Gasteiger partial charge on any atom is 0.262 e. The number of nitriles is 1. The summed E-state index contributed by atoms with van der Waals surface area (Å²) in [5.41, 5.74) is 0.455. The van der Waals surface area contributed by atoms with Gasteiger partial charge in [-0.15, -0.1) is 0 Å². The van der Waals surface area contributed by atoms with Crippen LogP contribution in [0.1, 0.15) is 11.1 Å². The molecule has 2 aromatic carbocycles. The molecule has 2 N–H and O–H groups in total. The first-order valence-electron chi connectivity index (χ1n) is 5.85. The standard InChI is InChI=1S/C14H11FN2O3S/c1-9-6-10(8-16)2-5-14(9)21(19,20)17-12-7-11(15)3-4-13(12)18/h2-7,17-18H,1H3. The Morgan fingerprint density at radius 1 is 1.24 bits per heavy atom. The van der Waals surface area contributed by atoms with E-state index in [-0.39, 0.29) is 16.3 Å². The third kappa shape index (κ3) is 3.12. The number of rotatable bonds is 3. The van der Waals surface area contributed by atoms with Gasteiger partial charge in [-0.2, -0.15) is 5.26 Å². The predicted octanol–water partition coefficient (Wildman–Crippen LogP) is 2.51. The number of phenols is 1. The van der Waals surface area contributed by atoms with Crippen molar-refractivity contribution < 1.29 is 17.9 Å². The molecule has 0 spiro atoms. The zero-order valence-electron chi connectivity index (χ0n) is 11.0. The number of aromatic hydroxyl groups is 1. The normalized spacial score (nSPS) is 10.9. The van der Waals surface area contributed by atoms with Crippen molar-refractivity contribution in [3.05, 3.63) is 53.3 Å². The van der Waals surface area contributed by atoms with Gasteiger partial charge in [0.05, 0.1) is 22.2 Å². The summed E-state index contributed by atoms with van der Waals surface area (Å²) in [6, 6.07) is 8.94. The maximum atomic E-state index is 13.1. The van der Waals surface area contributed by atoms with Gasteiger partial charge in [-0.3, -0.25) is 4.72 Å².